The molecule has 0 aliphatic carbocycles. The molecule has 3 aromatic rings. The van der Waals surface area contributed by atoms with Crippen molar-refractivity contribution in [2.75, 3.05) is 0 Å². The van der Waals surface area contributed by atoms with Crippen molar-refractivity contribution in [1.29, 1.82) is 0 Å². The fourth-order valence-corrected chi connectivity index (χ4v) is 3.77. The minimum atomic E-state index is 0.0546. The summed E-state index contributed by atoms with van der Waals surface area (Å²) in [5, 5.41) is 28.2. The number of azo groups is 1. The van der Waals surface area contributed by atoms with Crippen molar-refractivity contribution in [3.8, 4) is 22.6 Å². The van der Waals surface area contributed by atoms with E-state index in [0.29, 0.717) is 11.4 Å². The lowest BCUT2D eigenvalue weighted by Crippen LogP contribution is -1.87. The number of phenols is 2. The minimum absolute atomic E-state index is 0.0546. The summed E-state index contributed by atoms with van der Waals surface area (Å²) in [6, 6.07) is 20.7. The molecule has 3 aromatic carbocycles. The van der Waals surface area contributed by atoms with Gasteiger partial charge in [-0.1, -0.05) is 94.3 Å². The summed E-state index contributed by atoms with van der Waals surface area (Å²) in [6.45, 7) is 2.26. The third kappa shape index (κ3) is 7.23. The fourth-order valence-electron chi connectivity index (χ4n) is 3.77. The lowest BCUT2D eigenvalue weighted by atomic mass is 10.00. The van der Waals surface area contributed by atoms with E-state index in [0.717, 1.165) is 17.5 Å². The summed E-state index contributed by atoms with van der Waals surface area (Å²) in [4.78, 5) is 0. The van der Waals surface area contributed by atoms with Crippen molar-refractivity contribution in [3.63, 3.8) is 0 Å². The van der Waals surface area contributed by atoms with Gasteiger partial charge in [-0.05, 0) is 53.8 Å². The van der Waals surface area contributed by atoms with E-state index >= 15 is 0 Å². The Hall–Kier alpha value is -3.14. The molecule has 0 atom stereocenters. The molecule has 0 radical (unpaired) electrons. The van der Waals surface area contributed by atoms with Crippen molar-refractivity contribution in [2.45, 2.75) is 64.7 Å². The zero-order chi connectivity index (χ0) is 22.6. The Labute approximate surface area is 191 Å². The molecule has 0 fully saturated rings. The van der Waals surface area contributed by atoms with Crippen molar-refractivity contribution in [2.24, 2.45) is 10.2 Å². The maximum Gasteiger partial charge on any atom is 0.143 e. The molecular formula is C28H34N2O2. The number of nitrogens with zero attached hydrogens (tertiary/aromatic N) is 2. The molecule has 0 bridgehead atoms. The van der Waals surface area contributed by atoms with Crippen LogP contribution in [0.25, 0.3) is 11.1 Å². The van der Waals surface area contributed by atoms with Crippen molar-refractivity contribution in [3.05, 3.63) is 72.3 Å². The molecule has 0 saturated heterocycles. The predicted molar refractivity (Wildman–Crippen MR) is 132 cm³/mol. The normalized spacial score (nSPS) is 11.3. The highest BCUT2D eigenvalue weighted by molar-refractivity contribution is 5.70. The van der Waals surface area contributed by atoms with E-state index in [9.17, 15) is 10.2 Å². The second kappa shape index (κ2) is 12.7. The van der Waals surface area contributed by atoms with Crippen LogP contribution in [-0.4, -0.2) is 10.2 Å². The van der Waals surface area contributed by atoms with Gasteiger partial charge in [-0.2, -0.15) is 0 Å². The summed E-state index contributed by atoms with van der Waals surface area (Å²) in [5.74, 6) is 0.109. The van der Waals surface area contributed by atoms with Crippen LogP contribution in [0.2, 0.25) is 0 Å². The molecule has 32 heavy (non-hydrogen) atoms. The average molecular weight is 431 g/mol. The zero-order valence-corrected chi connectivity index (χ0v) is 19.0. The molecule has 0 aliphatic rings. The van der Waals surface area contributed by atoms with Crippen molar-refractivity contribution < 1.29 is 10.2 Å². The molecule has 0 unspecified atom stereocenters. The van der Waals surface area contributed by atoms with Gasteiger partial charge in [-0.25, -0.2) is 0 Å². The number of unbranched alkanes of at least 4 members (excludes halogenated alkanes) is 7. The molecular weight excluding hydrogens is 396 g/mol. The smallest absolute Gasteiger partial charge is 0.143 e. The van der Waals surface area contributed by atoms with E-state index in [-0.39, 0.29) is 11.5 Å². The van der Waals surface area contributed by atoms with Crippen LogP contribution in [0.5, 0.6) is 11.5 Å². The molecule has 0 heterocycles. The van der Waals surface area contributed by atoms with E-state index in [1.807, 2.05) is 12.1 Å². The third-order valence-electron chi connectivity index (χ3n) is 5.73. The standard InChI is InChI=1S/C28H34N2O2/c1-2-3-4-5-6-7-8-9-12-22-15-17-23(18-16-22)24-19-20-28(32)26(21-24)30-29-25-13-10-11-14-27(25)31/h10-11,13-21,31-32H,2-9,12H2,1H3. The first-order valence-electron chi connectivity index (χ1n) is 11.8. The van der Waals surface area contributed by atoms with Gasteiger partial charge >= 0.3 is 0 Å². The molecule has 0 saturated carbocycles. The number of phenolic OH excluding ortho intramolecular Hbond substituents is 2. The number of hydrogen-bond donors (Lipinski definition) is 2. The Morgan fingerprint density at radius 1 is 0.594 bits per heavy atom. The topological polar surface area (TPSA) is 65.2 Å². The Balaban J connectivity index is 1.55. The van der Waals surface area contributed by atoms with E-state index in [1.165, 1.54) is 56.9 Å². The minimum Gasteiger partial charge on any atom is -0.506 e. The molecule has 0 aromatic heterocycles. The molecule has 4 nitrogen and oxygen atoms in total. The number of aromatic hydroxyl groups is 2. The first-order chi connectivity index (χ1) is 15.7. The van der Waals surface area contributed by atoms with Crippen molar-refractivity contribution in [1.82, 2.24) is 0 Å². The monoisotopic (exact) mass is 430 g/mol. The lowest BCUT2D eigenvalue weighted by molar-refractivity contribution is 0.474. The lowest BCUT2D eigenvalue weighted by Gasteiger charge is -2.07. The van der Waals surface area contributed by atoms with Crippen LogP contribution >= 0.6 is 0 Å². The van der Waals surface area contributed by atoms with Gasteiger partial charge in [0.25, 0.3) is 0 Å². The Bertz CT molecular complexity index is 997. The first-order valence-corrected chi connectivity index (χ1v) is 11.8. The average Bonchev–Trinajstić information content (AvgIpc) is 2.82. The largest absolute Gasteiger partial charge is 0.506 e. The van der Waals surface area contributed by atoms with Crippen LogP contribution in [-0.2, 0) is 6.42 Å². The molecule has 2 N–H and O–H groups in total. The highest BCUT2D eigenvalue weighted by atomic mass is 16.3. The molecule has 0 aliphatic heterocycles. The Morgan fingerprint density at radius 2 is 1.19 bits per heavy atom. The second-order valence-electron chi connectivity index (χ2n) is 8.31. The van der Waals surface area contributed by atoms with Crippen molar-refractivity contribution >= 4 is 11.4 Å². The van der Waals surface area contributed by atoms with Gasteiger partial charge in [0, 0.05) is 0 Å². The maximum absolute atomic E-state index is 10.2. The third-order valence-corrected chi connectivity index (χ3v) is 5.73. The van der Waals surface area contributed by atoms with Crippen LogP contribution in [0.3, 0.4) is 0 Å². The number of para-hydroxylation sites is 1. The van der Waals surface area contributed by atoms with E-state index in [2.05, 4.69) is 41.4 Å². The van der Waals surface area contributed by atoms with E-state index < -0.39 is 0 Å². The van der Waals surface area contributed by atoms with Crippen LogP contribution in [0.15, 0.2) is 77.0 Å². The van der Waals surface area contributed by atoms with Crippen LogP contribution in [0.1, 0.15) is 63.9 Å². The molecule has 3 rings (SSSR count). The summed E-state index contributed by atoms with van der Waals surface area (Å²) in [6.07, 6.45) is 11.8. The summed E-state index contributed by atoms with van der Waals surface area (Å²) < 4.78 is 0. The summed E-state index contributed by atoms with van der Waals surface area (Å²) in [5.41, 5.74) is 4.13. The van der Waals surface area contributed by atoms with Gasteiger partial charge < -0.3 is 10.2 Å². The SMILES string of the molecule is CCCCCCCCCCc1ccc(-c2ccc(O)c(N=Nc3ccccc3O)c2)cc1. The highest BCUT2D eigenvalue weighted by Gasteiger charge is 2.06. The second-order valence-corrected chi connectivity index (χ2v) is 8.31. The first kappa shape index (κ1) is 23.5. The van der Waals surface area contributed by atoms with Crippen LogP contribution in [0, 0.1) is 0 Å². The fraction of sp³-hybridized carbons (Fsp3) is 0.357. The van der Waals surface area contributed by atoms with Gasteiger partial charge in [0.05, 0.1) is 0 Å². The van der Waals surface area contributed by atoms with E-state index in [4.69, 9.17) is 0 Å². The van der Waals surface area contributed by atoms with E-state index in [1.54, 1.807) is 30.3 Å². The molecule has 4 heteroatoms. The van der Waals surface area contributed by atoms with Gasteiger partial charge in [-0.15, -0.1) is 10.2 Å². The van der Waals surface area contributed by atoms with Gasteiger partial charge in [-0.3, -0.25) is 0 Å². The van der Waals surface area contributed by atoms with Crippen LogP contribution in [0.4, 0.5) is 11.4 Å². The summed E-state index contributed by atoms with van der Waals surface area (Å²) >= 11 is 0. The number of aryl methyl sites for hydroxylation is 1. The Morgan fingerprint density at radius 3 is 1.91 bits per heavy atom. The van der Waals surface area contributed by atoms with Gasteiger partial charge in [0.15, 0.2) is 0 Å². The molecule has 0 spiro atoms. The predicted octanol–water partition coefficient (Wildman–Crippen LogP) is 8.86. The molecule has 168 valence electrons. The summed E-state index contributed by atoms with van der Waals surface area (Å²) in [7, 11) is 0. The quantitative estimate of drug-likeness (QED) is 0.222. The zero-order valence-electron chi connectivity index (χ0n) is 19.0. The van der Waals surface area contributed by atoms with Gasteiger partial charge in [0.1, 0.15) is 22.9 Å². The maximum atomic E-state index is 10.2. The number of benzene rings is 3. The van der Waals surface area contributed by atoms with Gasteiger partial charge in [0.2, 0.25) is 0 Å². The Kier molecular flexibility index (Phi) is 9.30. The number of rotatable bonds is 12. The number of hydrogen-bond acceptors (Lipinski definition) is 4. The molecule has 0 amide bonds. The highest BCUT2D eigenvalue weighted by Crippen LogP contribution is 2.34. The van der Waals surface area contributed by atoms with Crippen LogP contribution < -0.4 is 0 Å².